The van der Waals surface area contributed by atoms with Crippen LogP contribution in [-0.4, -0.2) is 44.1 Å². The highest BCUT2D eigenvalue weighted by molar-refractivity contribution is 6.42. The van der Waals surface area contributed by atoms with E-state index in [0.29, 0.717) is 23.3 Å². The number of piperidine rings is 1. The highest BCUT2D eigenvalue weighted by atomic mass is 35.5. The van der Waals surface area contributed by atoms with E-state index < -0.39 is 5.41 Å². The summed E-state index contributed by atoms with van der Waals surface area (Å²) < 4.78 is 6.33. The average molecular weight is 566 g/mol. The Kier molecular flexibility index (Phi) is 8.68. The van der Waals surface area contributed by atoms with Crippen LogP contribution < -0.4 is 4.90 Å². The van der Waals surface area contributed by atoms with Crippen LogP contribution in [0.2, 0.25) is 10.0 Å². The molecule has 0 aliphatic carbocycles. The molecule has 4 nitrogen and oxygen atoms in total. The molecule has 3 aromatic rings. The van der Waals surface area contributed by atoms with Gasteiger partial charge in [0.15, 0.2) is 0 Å². The van der Waals surface area contributed by atoms with Crippen molar-refractivity contribution in [1.82, 2.24) is 4.90 Å². The quantitative estimate of drug-likeness (QED) is 0.253. The Morgan fingerprint density at radius 3 is 2.33 bits per heavy atom. The number of benzene rings is 3. The number of rotatable bonds is 10. The molecule has 6 heteroatoms. The van der Waals surface area contributed by atoms with Crippen LogP contribution in [0.3, 0.4) is 0 Å². The van der Waals surface area contributed by atoms with Crippen molar-refractivity contribution >= 4 is 34.8 Å². The van der Waals surface area contributed by atoms with Crippen molar-refractivity contribution < 1.29 is 9.53 Å². The lowest BCUT2D eigenvalue weighted by Gasteiger charge is -2.43. The summed E-state index contributed by atoms with van der Waals surface area (Å²) in [4.78, 5) is 18.0. The molecule has 1 fully saturated rings. The Hall–Kier alpha value is -2.37. The third-order valence-electron chi connectivity index (χ3n) is 8.86. The highest BCUT2D eigenvalue weighted by Gasteiger charge is 2.48. The van der Waals surface area contributed by atoms with Gasteiger partial charge in [0.05, 0.1) is 28.7 Å². The molecule has 2 aliphatic rings. The van der Waals surface area contributed by atoms with Gasteiger partial charge in [-0.2, -0.15) is 0 Å². The molecule has 39 heavy (non-hydrogen) atoms. The number of fused-ring (bicyclic) bond motifs is 1. The van der Waals surface area contributed by atoms with E-state index in [-0.39, 0.29) is 11.3 Å². The summed E-state index contributed by atoms with van der Waals surface area (Å²) in [5.74, 6) is 0.247. The number of likely N-dealkylation sites (N-methyl/N-ethyl adjacent to an activating group) is 1. The van der Waals surface area contributed by atoms with E-state index in [1.807, 2.05) is 36.2 Å². The predicted octanol–water partition coefficient (Wildman–Crippen LogP) is 7.65. The second kappa shape index (κ2) is 12.0. The van der Waals surface area contributed by atoms with Crippen LogP contribution in [0.4, 0.5) is 5.69 Å². The van der Waals surface area contributed by atoms with E-state index in [1.54, 1.807) is 0 Å². The second-order valence-electron chi connectivity index (χ2n) is 11.2. The predicted molar refractivity (Wildman–Crippen MR) is 161 cm³/mol. The van der Waals surface area contributed by atoms with Crippen LogP contribution in [0.5, 0.6) is 0 Å². The van der Waals surface area contributed by atoms with Gasteiger partial charge in [-0.05, 0) is 80.2 Å². The minimum atomic E-state index is -0.420. The van der Waals surface area contributed by atoms with Gasteiger partial charge in [-0.1, -0.05) is 91.1 Å². The molecule has 0 saturated carbocycles. The number of amides is 1. The summed E-state index contributed by atoms with van der Waals surface area (Å²) >= 11 is 12.3. The Labute approximate surface area is 242 Å². The second-order valence-corrected chi connectivity index (χ2v) is 12.0. The number of hydrogen-bond donors (Lipinski definition) is 0. The molecule has 1 saturated heterocycles. The summed E-state index contributed by atoms with van der Waals surface area (Å²) in [6.45, 7) is 6.23. The lowest BCUT2D eigenvalue weighted by Crippen LogP contribution is -2.47. The van der Waals surface area contributed by atoms with E-state index in [4.69, 9.17) is 27.9 Å². The van der Waals surface area contributed by atoms with Crippen LogP contribution in [0.25, 0.3) is 0 Å². The summed E-state index contributed by atoms with van der Waals surface area (Å²) in [6, 6.07) is 24.8. The van der Waals surface area contributed by atoms with Crippen molar-refractivity contribution in [1.29, 1.82) is 0 Å². The van der Waals surface area contributed by atoms with Crippen molar-refractivity contribution in [3.05, 3.63) is 99.5 Å². The fraction of sp³-hybridized carbons (Fsp3) is 0.424. The third-order valence-corrected chi connectivity index (χ3v) is 9.60. The smallest absolute Gasteiger partial charge is 0.237 e. The van der Waals surface area contributed by atoms with Crippen LogP contribution in [-0.2, 0) is 27.0 Å². The summed E-state index contributed by atoms with van der Waals surface area (Å²) in [7, 11) is 1.92. The van der Waals surface area contributed by atoms with E-state index in [2.05, 4.69) is 60.4 Å². The molecule has 1 amide bonds. The fourth-order valence-electron chi connectivity index (χ4n) is 6.61. The lowest BCUT2D eigenvalue weighted by molar-refractivity contribution is -0.123. The molecular formula is C33H38Cl2N2O2. The lowest BCUT2D eigenvalue weighted by atomic mass is 9.72. The Bertz CT molecular complexity index is 1290. The SMILES string of the molecule is CCCC1(CCN2CCC(COCc3ccc(Cl)c(Cl)c3)(c3ccccc3)CC2)C(=O)N(C)c2ccccc21. The topological polar surface area (TPSA) is 32.8 Å². The Morgan fingerprint density at radius 1 is 0.897 bits per heavy atom. The van der Waals surface area contributed by atoms with Crippen LogP contribution in [0.15, 0.2) is 72.8 Å². The molecule has 0 radical (unpaired) electrons. The van der Waals surface area contributed by atoms with Crippen molar-refractivity contribution in [2.75, 3.05) is 38.2 Å². The van der Waals surface area contributed by atoms with Crippen molar-refractivity contribution in [3.63, 3.8) is 0 Å². The molecule has 2 aliphatic heterocycles. The first-order valence-corrected chi connectivity index (χ1v) is 14.8. The standard InChI is InChI=1S/C33H38Cl2N2O2/c1-3-15-33(27-11-7-8-12-30(27)36(2)31(33)38)18-21-37-19-16-32(17-20-37,26-9-5-4-6-10-26)24-39-23-25-13-14-28(34)29(35)22-25/h4-14,22H,3,15-21,23-24H2,1-2H3. The average Bonchev–Trinajstić information content (AvgIpc) is 3.17. The molecule has 0 aromatic heterocycles. The number of carbonyl (C=O) groups is 1. The molecule has 2 heterocycles. The summed E-state index contributed by atoms with van der Waals surface area (Å²) in [5, 5.41) is 1.11. The number of anilines is 1. The first-order chi connectivity index (χ1) is 18.9. The van der Waals surface area contributed by atoms with Gasteiger partial charge in [0, 0.05) is 18.2 Å². The minimum Gasteiger partial charge on any atom is -0.376 e. The zero-order chi connectivity index (χ0) is 27.5. The van der Waals surface area contributed by atoms with Crippen LogP contribution >= 0.6 is 23.2 Å². The molecule has 0 spiro atoms. The maximum atomic E-state index is 13.6. The van der Waals surface area contributed by atoms with Gasteiger partial charge >= 0.3 is 0 Å². The molecule has 3 aromatic carbocycles. The Balaban J connectivity index is 1.26. The van der Waals surface area contributed by atoms with Crippen molar-refractivity contribution in [2.24, 2.45) is 0 Å². The molecular weight excluding hydrogens is 527 g/mol. The number of carbonyl (C=O) groups excluding carboxylic acids is 1. The van der Waals surface area contributed by atoms with Crippen molar-refractivity contribution in [3.8, 4) is 0 Å². The molecule has 1 unspecified atom stereocenters. The fourth-order valence-corrected chi connectivity index (χ4v) is 6.93. The van der Waals surface area contributed by atoms with Gasteiger partial charge in [0.2, 0.25) is 5.91 Å². The van der Waals surface area contributed by atoms with Gasteiger partial charge in [0.25, 0.3) is 0 Å². The van der Waals surface area contributed by atoms with Gasteiger partial charge in [-0.25, -0.2) is 0 Å². The van der Waals surface area contributed by atoms with E-state index in [9.17, 15) is 4.79 Å². The number of ether oxygens (including phenoxy) is 1. The maximum absolute atomic E-state index is 13.6. The number of halogens is 2. The third kappa shape index (κ3) is 5.63. The first-order valence-electron chi connectivity index (χ1n) is 14.1. The molecule has 0 bridgehead atoms. The molecule has 1 atom stereocenters. The first kappa shape index (κ1) is 28.2. The zero-order valence-corrected chi connectivity index (χ0v) is 24.5. The Morgan fingerprint density at radius 2 is 1.62 bits per heavy atom. The molecule has 206 valence electrons. The summed E-state index contributed by atoms with van der Waals surface area (Å²) in [5.41, 5.74) is 4.17. The van der Waals surface area contributed by atoms with Gasteiger partial charge in [-0.15, -0.1) is 0 Å². The maximum Gasteiger partial charge on any atom is 0.237 e. The number of likely N-dealkylation sites (tertiary alicyclic amines) is 1. The van der Waals surface area contributed by atoms with Crippen LogP contribution in [0, 0.1) is 0 Å². The number of hydrogen-bond acceptors (Lipinski definition) is 3. The van der Waals surface area contributed by atoms with Crippen molar-refractivity contribution in [2.45, 2.75) is 56.5 Å². The van der Waals surface area contributed by atoms with Gasteiger partial charge in [0.1, 0.15) is 0 Å². The van der Waals surface area contributed by atoms with E-state index in [1.165, 1.54) is 11.1 Å². The van der Waals surface area contributed by atoms with E-state index >= 15 is 0 Å². The monoisotopic (exact) mass is 564 g/mol. The summed E-state index contributed by atoms with van der Waals surface area (Å²) in [6.07, 6.45) is 4.76. The van der Waals surface area contributed by atoms with Gasteiger partial charge in [-0.3, -0.25) is 4.79 Å². The number of nitrogens with zero attached hydrogens (tertiary/aromatic N) is 2. The zero-order valence-electron chi connectivity index (χ0n) is 23.0. The van der Waals surface area contributed by atoms with Gasteiger partial charge < -0.3 is 14.5 Å². The largest absolute Gasteiger partial charge is 0.376 e. The normalized spacial score (nSPS) is 20.8. The van der Waals surface area contributed by atoms with E-state index in [0.717, 1.165) is 63.0 Å². The number of para-hydroxylation sites is 1. The molecule has 5 rings (SSSR count). The highest BCUT2D eigenvalue weighted by Crippen LogP contribution is 2.46. The molecule has 0 N–H and O–H groups in total. The minimum absolute atomic E-state index is 0.0366. The van der Waals surface area contributed by atoms with Crippen LogP contribution in [0.1, 0.15) is 55.7 Å².